The topological polar surface area (TPSA) is 76.6 Å². The van der Waals surface area contributed by atoms with Gasteiger partial charge < -0.3 is 4.74 Å². The quantitative estimate of drug-likeness (QED) is 0.311. The van der Waals surface area contributed by atoms with Gasteiger partial charge in [0.05, 0.1) is 22.8 Å². The van der Waals surface area contributed by atoms with E-state index in [1.807, 2.05) is 36.4 Å². The van der Waals surface area contributed by atoms with E-state index in [1.54, 1.807) is 19.1 Å². The molecule has 1 aliphatic heterocycles. The average Bonchev–Trinajstić information content (AvgIpc) is 2.93. The van der Waals surface area contributed by atoms with Crippen molar-refractivity contribution in [3.63, 3.8) is 0 Å². The van der Waals surface area contributed by atoms with E-state index >= 15 is 0 Å². The minimum Gasteiger partial charge on any atom is -0.417 e. The molecule has 6 nitrogen and oxygen atoms in total. The summed E-state index contributed by atoms with van der Waals surface area (Å²) in [7, 11) is 0. The zero-order valence-corrected chi connectivity index (χ0v) is 14.4. The van der Waals surface area contributed by atoms with Crippen LogP contribution in [-0.2, 0) is 19.1 Å². The number of hydrogen-bond acceptors (Lipinski definition) is 5. The van der Waals surface area contributed by atoms with Crippen LogP contribution in [0.15, 0.2) is 72.5 Å². The lowest BCUT2D eigenvalue weighted by molar-refractivity contribution is -0.137. The molecule has 3 aromatic rings. The van der Waals surface area contributed by atoms with E-state index in [2.05, 4.69) is 4.98 Å². The maximum absolute atomic E-state index is 12.9. The van der Waals surface area contributed by atoms with Crippen molar-refractivity contribution >= 4 is 45.3 Å². The predicted octanol–water partition coefficient (Wildman–Crippen LogP) is 3.26. The first kappa shape index (κ1) is 16.7. The van der Waals surface area contributed by atoms with Crippen LogP contribution in [0, 0.1) is 0 Å². The van der Waals surface area contributed by atoms with Crippen LogP contribution in [0.4, 0.5) is 5.69 Å². The molecule has 6 heteroatoms. The summed E-state index contributed by atoms with van der Waals surface area (Å²) < 4.78 is 5.02. The predicted molar refractivity (Wildman–Crippen MR) is 101 cm³/mol. The molecule has 0 unspecified atom stereocenters. The number of aromatic nitrogens is 1. The molecule has 0 saturated carbocycles. The Morgan fingerprint density at radius 3 is 2.19 bits per heavy atom. The Balaban J connectivity index is 1.88. The summed E-state index contributed by atoms with van der Waals surface area (Å²) in [6.45, 7) is 1.65. The lowest BCUT2D eigenvalue weighted by atomic mass is 10.1. The number of pyridine rings is 1. The van der Waals surface area contributed by atoms with Crippen molar-refractivity contribution in [2.75, 3.05) is 4.90 Å². The van der Waals surface area contributed by atoms with Gasteiger partial charge in [0.1, 0.15) is 0 Å². The zero-order chi connectivity index (χ0) is 19.0. The van der Waals surface area contributed by atoms with Gasteiger partial charge in [-0.15, -0.1) is 0 Å². The van der Waals surface area contributed by atoms with Gasteiger partial charge in [0.2, 0.25) is 5.76 Å². The number of imide groups is 1. The van der Waals surface area contributed by atoms with Gasteiger partial charge in [-0.05, 0) is 19.1 Å². The van der Waals surface area contributed by atoms with E-state index in [9.17, 15) is 14.4 Å². The highest BCUT2D eigenvalue weighted by molar-refractivity contribution is 6.34. The molecule has 0 bridgehead atoms. The Kier molecular flexibility index (Phi) is 4.01. The molecule has 4 rings (SSSR count). The van der Waals surface area contributed by atoms with Crippen molar-refractivity contribution in [3.8, 4) is 0 Å². The zero-order valence-electron chi connectivity index (χ0n) is 14.4. The highest BCUT2D eigenvalue weighted by Gasteiger charge is 2.36. The number of ether oxygens (including phenoxy) is 1. The number of hydrogen-bond donors (Lipinski definition) is 0. The highest BCUT2D eigenvalue weighted by Crippen LogP contribution is 2.36. The molecule has 1 aromatic heterocycles. The Bertz CT molecular complexity index is 1120. The summed E-state index contributed by atoms with van der Waals surface area (Å²) in [5.41, 5.74) is 1.75. The number of carbonyl (C=O) groups excluding carboxylic acids is 3. The van der Waals surface area contributed by atoms with Crippen molar-refractivity contribution < 1.29 is 19.1 Å². The van der Waals surface area contributed by atoms with E-state index < -0.39 is 17.8 Å². The third-order valence-corrected chi connectivity index (χ3v) is 4.18. The Labute approximate surface area is 154 Å². The van der Waals surface area contributed by atoms with Gasteiger partial charge in [-0.1, -0.05) is 42.5 Å². The fraction of sp³-hybridized carbons (Fsp3) is 0.0476. The van der Waals surface area contributed by atoms with Gasteiger partial charge in [0, 0.05) is 16.8 Å². The number of benzene rings is 2. The van der Waals surface area contributed by atoms with Crippen LogP contribution in [0.5, 0.6) is 0 Å². The monoisotopic (exact) mass is 358 g/mol. The summed E-state index contributed by atoms with van der Waals surface area (Å²) in [4.78, 5) is 42.8. The van der Waals surface area contributed by atoms with Gasteiger partial charge >= 0.3 is 11.9 Å². The number of amides is 2. The first-order valence-electron chi connectivity index (χ1n) is 8.32. The minimum absolute atomic E-state index is 0.298. The van der Waals surface area contributed by atoms with Crippen molar-refractivity contribution in [2.24, 2.45) is 0 Å². The van der Waals surface area contributed by atoms with E-state index in [0.29, 0.717) is 27.5 Å². The first-order chi connectivity index (χ1) is 13.1. The molecule has 0 atom stereocenters. The Morgan fingerprint density at radius 2 is 1.59 bits per heavy atom. The molecule has 1 aliphatic rings. The molecular formula is C21H14N2O4. The molecule has 0 fully saturated rings. The number of esters is 1. The standard InChI is InChI=1S/C21H14N2O4/c1-2-7-19(25)27-17-12-18(24)23(21(17)26)20-13-8-3-5-10-15(13)22-16-11-6-4-9-14(16)20/h2-12H,1H3/b7-2+. The van der Waals surface area contributed by atoms with Crippen LogP contribution in [0.3, 0.4) is 0 Å². The average molecular weight is 358 g/mol. The molecule has 132 valence electrons. The molecule has 27 heavy (non-hydrogen) atoms. The fourth-order valence-electron chi connectivity index (χ4n) is 3.07. The molecule has 2 aromatic carbocycles. The molecule has 0 saturated heterocycles. The summed E-state index contributed by atoms with van der Waals surface area (Å²) >= 11 is 0. The Hall–Kier alpha value is -3.80. The molecule has 0 spiro atoms. The second kappa shape index (κ2) is 6.49. The maximum atomic E-state index is 12.9. The molecule has 0 N–H and O–H groups in total. The van der Waals surface area contributed by atoms with Crippen LogP contribution in [-0.4, -0.2) is 22.8 Å². The maximum Gasteiger partial charge on any atom is 0.336 e. The minimum atomic E-state index is -0.712. The number of para-hydroxylation sites is 2. The molecule has 2 heterocycles. The van der Waals surface area contributed by atoms with Gasteiger partial charge in [-0.3, -0.25) is 9.59 Å². The van der Waals surface area contributed by atoms with E-state index in [-0.39, 0.29) is 5.76 Å². The lowest BCUT2D eigenvalue weighted by Crippen LogP contribution is -2.32. The highest BCUT2D eigenvalue weighted by atomic mass is 16.5. The van der Waals surface area contributed by atoms with Gasteiger partial charge in [0.15, 0.2) is 0 Å². The van der Waals surface area contributed by atoms with Crippen molar-refractivity contribution in [3.05, 3.63) is 72.5 Å². The lowest BCUT2D eigenvalue weighted by Gasteiger charge is -2.19. The number of allylic oxidation sites excluding steroid dienone is 1. The van der Waals surface area contributed by atoms with E-state index in [0.717, 1.165) is 11.0 Å². The normalized spacial score (nSPS) is 14.4. The summed E-state index contributed by atoms with van der Waals surface area (Å²) in [5.74, 6) is -2.26. The third kappa shape index (κ3) is 2.77. The van der Waals surface area contributed by atoms with Crippen LogP contribution >= 0.6 is 0 Å². The SMILES string of the molecule is C/C=C/C(=O)OC1=CC(=O)N(c2c3ccccc3nc3ccccc23)C1=O. The van der Waals surface area contributed by atoms with Crippen molar-refractivity contribution in [1.29, 1.82) is 0 Å². The summed E-state index contributed by atoms with van der Waals surface area (Å²) in [6, 6.07) is 14.5. The fourth-order valence-corrected chi connectivity index (χ4v) is 3.07. The third-order valence-electron chi connectivity index (χ3n) is 4.18. The number of carbonyl (C=O) groups is 3. The van der Waals surface area contributed by atoms with Crippen molar-refractivity contribution in [2.45, 2.75) is 6.92 Å². The van der Waals surface area contributed by atoms with Crippen LogP contribution < -0.4 is 4.90 Å². The van der Waals surface area contributed by atoms with Gasteiger partial charge in [-0.25, -0.2) is 14.7 Å². The molecular weight excluding hydrogens is 344 g/mol. The van der Waals surface area contributed by atoms with Gasteiger partial charge in [0.25, 0.3) is 5.91 Å². The largest absolute Gasteiger partial charge is 0.417 e. The summed E-state index contributed by atoms with van der Waals surface area (Å²) in [5, 5.41) is 1.32. The number of fused-ring (bicyclic) bond motifs is 2. The smallest absolute Gasteiger partial charge is 0.336 e. The molecule has 2 amide bonds. The van der Waals surface area contributed by atoms with Crippen LogP contribution in [0.25, 0.3) is 21.8 Å². The number of anilines is 1. The molecule has 0 aliphatic carbocycles. The van der Waals surface area contributed by atoms with Crippen LogP contribution in [0.2, 0.25) is 0 Å². The van der Waals surface area contributed by atoms with Crippen LogP contribution in [0.1, 0.15) is 6.92 Å². The molecule has 0 radical (unpaired) electrons. The number of nitrogens with zero attached hydrogens (tertiary/aromatic N) is 2. The summed E-state index contributed by atoms with van der Waals surface area (Å²) in [6.07, 6.45) is 3.71. The Morgan fingerprint density at radius 1 is 1.00 bits per heavy atom. The van der Waals surface area contributed by atoms with E-state index in [1.165, 1.54) is 12.2 Å². The second-order valence-electron chi connectivity index (χ2n) is 5.90. The number of rotatable bonds is 3. The van der Waals surface area contributed by atoms with Crippen molar-refractivity contribution in [1.82, 2.24) is 4.98 Å². The second-order valence-corrected chi connectivity index (χ2v) is 5.90. The van der Waals surface area contributed by atoms with Gasteiger partial charge in [-0.2, -0.15) is 0 Å². The first-order valence-corrected chi connectivity index (χ1v) is 8.32. The van der Waals surface area contributed by atoms with E-state index in [4.69, 9.17) is 4.74 Å².